The third kappa shape index (κ3) is 4.59. The number of pyridine rings is 1. The number of hydrogen-bond donors (Lipinski definition) is 3. The number of fused-ring (bicyclic) bond motifs is 1. The molecule has 1 aliphatic heterocycles. The Labute approximate surface area is 153 Å². The maximum absolute atomic E-state index is 12.2. The molecule has 0 saturated heterocycles. The lowest BCUT2D eigenvalue weighted by atomic mass is 9.93. The number of amides is 1. The zero-order valence-electron chi connectivity index (χ0n) is 15.1. The lowest BCUT2D eigenvalue weighted by molar-refractivity contribution is 0.0869. The molecule has 6 nitrogen and oxygen atoms in total. The molecule has 0 radical (unpaired) electrons. The van der Waals surface area contributed by atoms with E-state index in [1.165, 1.54) is 17.3 Å². The molecule has 1 aromatic carbocycles. The molecule has 0 bridgehead atoms. The van der Waals surface area contributed by atoms with Crippen LogP contribution in [0.4, 0.5) is 0 Å². The van der Waals surface area contributed by atoms with E-state index in [0.29, 0.717) is 11.4 Å². The van der Waals surface area contributed by atoms with E-state index in [1.807, 2.05) is 26.0 Å². The van der Waals surface area contributed by atoms with Gasteiger partial charge in [0.2, 0.25) is 5.88 Å². The molecule has 0 saturated carbocycles. The smallest absolute Gasteiger partial charge is 0.252 e. The first-order valence-electron chi connectivity index (χ1n) is 8.92. The first kappa shape index (κ1) is 18.4. The van der Waals surface area contributed by atoms with Gasteiger partial charge in [0.1, 0.15) is 0 Å². The number of aromatic nitrogens is 1. The highest BCUT2D eigenvalue weighted by molar-refractivity contribution is 5.93. The van der Waals surface area contributed by atoms with Crippen molar-refractivity contribution in [3.05, 3.63) is 59.3 Å². The average molecular weight is 355 g/mol. The Kier molecular flexibility index (Phi) is 5.85. The molecule has 3 N–H and O–H groups in total. The van der Waals surface area contributed by atoms with Crippen molar-refractivity contribution in [3.8, 4) is 5.88 Å². The van der Waals surface area contributed by atoms with Gasteiger partial charge in [-0.3, -0.25) is 4.79 Å². The number of aliphatic hydroxyl groups is 1. The van der Waals surface area contributed by atoms with E-state index in [1.54, 1.807) is 12.1 Å². The van der Waals surface area contributed by atoms with Crippen molar-refractivity contribution in [1.29, 1.82) is 0 Å². The fourth-order valence-electron chi connectivity index (χ4n) is 3.02. The summed E-state index contributed by atoms with van der Waals surface area (Å²) >= 11 is 0. The summed E-state index contributed by atoms with van der Waals surface area (Å²) in [6, 6.07) is 11.5. The van der Waals surface area contributed by atoms with Crippen LogP contribution in [0.5, 0.6) is 5.88 Å². The number of nitrogens with one attached hydrogen (secondary N) is 2. The summed E-state index contributed by atoms with van der Waals surface area (Å²) in [5, 5.41) is 16.5. The van der Waals surface area contributed by atoms with Crippen molar-refractivity contribution in [2.75, 3.05) is 6.54 Å². The fourth-order valence-corrected chi connectivity index (χ4v) is 3.02. The number of aliphatic hydroxyl groups excluding tert-OH is 1. The van der Waals surface area contributed by atoms with Crippen LogP contribution in [0.3, 0.4) is 0 Å². The highest BCUT2D eigenvalue weighted by atomic mass is 16.5. The van der Waals surface area contributed by atoms with Gasteiger partial charge in [-0.05, 0) is 37.5 Å². The second-order valence-corrected chi connectivity index (χ2v) is 6.79. The summed E-state index contributed by atoms with van der Waals surface area (Å²) < 4.78 is 5.46. The van der Waals surface area contributed by atoms with Gasteiger partial charge in [-0.2, -0.15) is 0 Å². The molecule has 6 heteroatoms. The number of benzene rings is 1. The summed E-state index contributed by atoms with van der Waals surface area (Å²) in [5.74, 6) is 0.227. The molecule has 1 amide bonds. The number of nitrogens with zero attached hydrogens (tertiary/aromatic N) is 1. The quantitative estimate of drug-likeness (QED) is 0.734. The van der Waals surface area contributed by atoms with Gasteiger partial charge < -0.3 is 20.5 Å². The normalized spacial score (nSPS) is 17.5. The van der Waals surface area contributed by atoms with Crippen molar-refractivity contribution in [2.24, 2.45) is 0 Å². The van der Waals surface area contributed by atoms with Crippen molar-refractivity contribution in [2.45, 2.75) is 45.1 Å². The Morgan fingerprint density at radius 1 is 1.31 bits per heavy atom. The summed E-state index contributed by atoms with van der Waals surface area (Å²) in [7, 11) is 0. The van der Waals surface area contributed by atoms with Gasteiger partial charge in [-0.25, -0.2) is 4.98 Å². The number of ether oxygens (including phenoxy) is 1. The standard InChI is InChI=1S/C20H25N3O3/c1-13(2)26-19-8-7-16(11-22-19)20(25)23-12-18(24)17-9-14-5-3-4-6-15(14)10-21-17/h3-8,11,13,17-18,21,24H,9-10,12H2,1-2H3,(H,23,25)/t17-,18+/m0/s1. The summed E-state index contributed by atoms with van der Waals surface area (Å²) in [5.41, 5.74) is 2.94. The van der Waals surface area contributed by atoms with Crippen molar-refractivity contribution in [1.82, 2.24) is 15.6 Å². The highest BCUT2D eigenvalue weighted by Gasteiger charge is 2.24. The maximum atomic E-state index is 12.2. The minimum atomic E-state index is -0.663. The molecule has 0 fully saturated rings. The van der Waals surface area contributed by atoms with Crippen molar-refractivity contribution < 1.29 is 14.6 Å². The van der Waals surface area contributed by atoms with Crippen LogP contribution in [0.25, 0.3) is 0 Å². The Balaban J connectivity index is 1.51. The third-order valence-electron chi connectivity index (χ3n) is 4.40. The van der Waals surface area contributed by atoms with E-state index in [4.69, 9.17) is 4.74 Å². The van der Waals surface area contributed by atoms with Gasteiger partial charge in [-0.15, -0.1) is 0 Å². The molecular weight excluding hydrogens is 330 g/mol. The molecule has 0 aliphatic carbocycles. The first-order chi connectivity index (χ1) is 12.5. The topological polar surface area (TPSA) is 83.5 Å². The Hall–Kier alpha value is -2.44. The molecule has 2 atom stereocenters. The van der Waals surface area contributed by atoms with Crippen LogP contribution < -0.4 is 15.4 Å². The number of carbonyl (C=O) groups is 1. The third-order valence-corrected chi connectivity index (χ3v) is 4.40. The number of rotatable bonds is 6. The van der Waals surface area contributed by atoms with E-state index < -0.39 is 6.10 Å². The molecule has 1 aromatic heterocycles. The van der Waals surface area contributed by atoms with E-state index in [9.17, 15) is 9.90 Å². The fraction of sp³-hybridized carbons (Fsp3) is 0.400. The largest absolute Gasteiger partial charge is 0.475 e. The molecule has 3 rings (SSSR count). The van der Waals surface area contributed by atoms with Gasteiger partial charge in [0.05, 0.1) is 17.8 Å². The summed E-state index contributed by atoms with van der Waals surface area (Å²) in [6.07, 6.45) is 1.60. The Bertz CT molecular complexity index is 746. The minimum absolute atomic E-state index is 0.0328. The van der Waals surface area contributed by atoms with Gasteiger partial charge in [0.15, 0.2) is 0 Å². The van der Waals surface area contributed by atoms with Gasteiger partial charge in [-0.1, -0.05) is 24.3 Å². The molecule has 138 valence electrons. The van der Waals surface area contributed by atoms with Crippen LogP contribution >= 0.6 is 0 Å². The summed E-state index contributed by atoms with van der Waals surface area (Å²) in [4.78, 5) is 16.4. The molecule has 2 heterocycles. The predicted octanol–water partition coefficient (Wildman–Crippen LogP) is 1.67. The second-order valence-electron chi connectivity index (χ2n) is 6.79. The average Bonchev–Trinajstić information content (AvgIpc) is 2.65. The van der Waals surface area contributed by atoms with Crippen LogP contribution in [-0.4, -0.2) is 40.8 Å². The van der Waals surface area contributed by atoms with E-state index in [2.05, 4.69) is 27.8 Å². The zero-order chi connectivity index (χ0) is 18.5. The Morgan fingerprint density at radius 2 is 2.08 bits per heavy atom. The lowest BCUT2D eigenvalue weighted by Gasteiger charge is -2.30. The molecule has 0 spiro atoms. The second kappa shape index (κ2) is 8.29. The van der Waals surface area contributed by atoms with E-state index in [-0.39, 0.29) is 24.6 Å². The molecule has 2 aromatic rings. The number of hydrogen-bond acceptors (Lipinski definition) is 5. The van der Waals surface area contributed by atoms with Crippen LogP contribution in [0.2, 0.25) is 0 Å². The predicted molar refractivity (Wildman–Crippen MR) is 99.1 cm³/mol. The van der Waals surface area contributed by atoms with Crippen LogP contribution in [-0.2, 0) is 13.0 Å². The van der Waals surface area contributed by atoms with Crippen LogP contribution in [0, 0.1) is 0 Å². The number of carbonyl (C=O) groups excluding carboxylic acids is 1. The van der Waals surface area contributed by atoms with E-state index in [0.717, 1.165) is 13.0 Å². The van der Waals surface area contributed by atoms with Crippen molar-refractivity contribution in [3.63, 3.8) is 0 Å². The minimum Gasteiger partial charge on any atom is -0.475 e. The molecule has 26 heavy (non-hydrogen) atoms. The van der Waals surface area contributed by atoms with Gasteiger partial charge in [0.25, 0.3) is 5.91 Å². The maximum Gasteiger partial charge on any atom is 0.252 e. The van der Waals surface area contributed by atoms with Gasteiger partial charge in [0, 0.05) is 31.4 Å². The van der Waals surface area contributed by atoms with E-state index >= 15 is 0 Å². The highest BCUT2D eigenvalue weighted by Crippen LogP contribution is 2.17. The van der Waals surface area contributed by atoms with Crippen LogP contribution in [0.1, 0.15) is 35.3 Å². The Morgan fingerprint density at radius 3 is 2.77 bits per heavy atom. The van der Waals surface area contributed by atoms with Crippen LogP contribution in [0.15, 0.2) is 42.6 Å². The molecule has 0 unspecified atom stereocenters. The van der Waals surface area contributed by atoms with Crippen molar-refractivity contribution >= 4 is 5.91 Å². The molecule has 1 aliphatic rings. The lowest BCUT2D eigenvalue weighted by Crippen LogP contribution is -2.49. The van der Waals surface area contributed by atoms with Gasteiger partial charge >= 0.3 is 0 Å². The monoisotopic (exact) mass is 355 g/mol. The molecular formula is C20H25N3O3. The summed E-state index contributed by atoms with van der Waals surface area (Å²) in [6.45, 7) is 4.75. The first-order valence-corrected chi connectivity index (χ1v) is 8.92. The zero-order valence-corrected chi connectivity index (χ0v) is 15.1. The SMILES string of the molecule is CC(C)Oc1ccc(C(=O)NC[C@@H](O)[C@@H]2Cc3ccccc3CN2)cn1.